The molecule has 0 atom stereocenters. The molecule has 2 heterocycles. The van der Waals surface area contributed by atoms with Gasteiger partial charge in [-0.15, -0.1) is 11.3 Å². The van der Waals surface area contributed by atoms with Crippen molar-refractivity contribution in [2.75, 3.05) is 0 Å². The summed E-state index contributed by atoms with van der Waals surface area (Å²) in [4.78, 5) is 15.0. The average Bonchev–Trinajstić information content (AvgIpc) is 3.81. The van der Waals surface area contributed by atoms with Crippen molar-refractivity contribution in [3.8, 4) is 56.4 Å². The van der Waals surface area contributed by atoms with Crippen LogP contribution in [0.4, 0.5) is 0 Å². The molecule has 0 aliphatic heterocycles. The highest BCUT2D eigenvalue weighted by molar-refractivity contribution is 7.26. The highest BCUT2D eigenvalue weighted by atomic mass is 32.1. The summed E-state index contributed by atoms with van der Waals surface area (Å²) in [5, 5.41) is 2.63. The Hall–Kier alpha value is -7.01. The van der Waals surface area contributed by atoms with E-state index in [1.165, 1.54) is 64.7 Å². The van der Waals surface area contributed by atoms with Crippen LogP contribution in [0.5, 0.6) is 0 Å². The lowest BCUT2D eigenvalue weighted by atomic mass is 9.67. The van der Waals surface area contributed by atoms with Crippen molar-refractivity contribution in [1.29, 1.82) is 0 Å². The number of hydrogen-bond donors (Lipinski definition) is 0. The molecule has 0 amide bonds. The maximum atomic E-state index is 5.03. The molecule has 11 rings (SSSR count). The quantitative estimate of drug-likeness (QED) is 0.171. The van der Waals surface area contributed by atoms with Gasteiger partial charge in [-0.2, -0.15) is 0 Å². The number of aromatic nitrogens is 3. The zero-order valence-electron chi connectivity index (χ0n) is 30.3. The number of hydrogen-bond acceptors (Lipinski definition) is 4. The molecule has 0 spiro atoms. The van der Waals surface area contributed by atoms with Crippen molar-refractivity contribution < 1.29 is 0 Å². The summed E-state index contributed by atoms with van der Waals surface area (Å²) in [5.74, 6) is 1.95. The molecule has 56 heavy (non-hydrogen) atoms. The Labute approximate surface area is 329 Å². The van der Waals surface area contributed by atoms with Crippen LogP contribution >= 0.6 is 11.3 Å². The van der Waals surface area contributed by atoms with Crippen LogP contribution in [0.25, 0.3) is 76.6 Å². The number of rotatable bonds is 6. The third-order valence-corrected chi connectivity index (χ3v) is 12.5. The van der Waals surface area contributed by atoms with Gasteiger partial charge in [0, 0.05) is 36.9 Å². The first-order valence-electron chi connectivity index (χ1n) is 18.9. The van der Waals surface area contributed by atoms with Crippen LogP contribution in [-0.4, -0.2) is 15.0 Å². The van der Waals surface area contributed by atoms with Crippen LogP contribution in [-0.2, 0) is 5.41 Å². The zero-order valence-corrected chi connectivity index (χ0v) is 31.1. The minimum Gasteiger partial charge on any atom is -0.208 e. The number of nitrogens with zero attached hydrogens (tertiary/aromatic N) is 3. The van der Waals surface area contributed by atoms with E-state index in [1.54, 1.807) is 0 Å². The maximum Gasteiger partial charge on any atom is 0.164 e. The molecule has 0 N–H and O–H groups in total. The van der Waals surface area contributed by atoms with E-state index < -0.39 is 5.41 Å². The molecule has 262 valence electrons. The van der Waals surface area contributed by atoms with Gasteiger partial charge in [-0.05, 0) is 50.6 Å². The summed E-state index contributed by atoms with van der Waals surface area (Å²) in [5.41, 5.74) is 12.3. The van der Waals surface area contributed by atoms with Crippen LogP contribution in [0.15, 0.2) is 200 Å². The molecule has 0 unspecified atom stereocenters. The number of benzene rings is 8. The van der Waals surface area contributed by atoms with Gasteiger partial charge >= 0.3 is 0 Å². The van der Waals surface area contributed by atoms with E-state index in [0.717, 1.165) is 16.7 Å². The summed E-state index contributed by atoms with van der Waals surface area (Å²) < 4.78 is 2.64. The van der Waals surface area contributed by atoms with Crippen molar-refractivity contribution >= 4 is 31.5 Å². The first-order valence-corrected chi connectivity index (χ1v) is 19.8. The Morgan fingerprint density at radius 1 is 0.321 bits per heavy atom. The second-order valence-corrected chi connectivity index (χ2v) is 15.4. The van der Waals surface area contributed by atoms with Gasteiger partial charge < -0.3 is 0 Å². The first-order chi connectivity index (χ1) is 27.8. The predicted octanol–water partition coefficient (Wildman–Crippen LogP) is 13.3. The summed E-state index contributed by atoms with van der Waals surface area (Å²) in [7, 11) is 0. The molecule has 4 heteroatoms. The predicted molar refractivity (Wildman–Crippen MR) is 232 cm³/mol. The third-order valence-electron chi connectivity index (χ3n) is 11.3. The van der Waals surface area contributed by atoms with Crippen LogP contribution in [0, 0.1) is 0 Å². The van der Waals surface area contributed by atoms with Gasteiger partial charge in [0.05, 0.1) is 5.41 Å². The Morgan fingerprint density at radius 2 is 0.750 bits per heavy atom. The Balaban J connectivity index is 1.07. The molecular formula is C52H33N3S. The summed E-state index contributed by atoms with van der Waals surface area (Å²) in [6.07, 6.45) is 0. The van der Waals surface area contributed by atoms with E-state index in [4.69, 9.17) is 15.0 Å². The van der Waals surface area contributed by atoms with Crippen molar-refractivity contribution in [3.05, 3.63) is 222 Å². The van der Waals surface area contributed by atoms with Crippen molar-refractivity contribution in [2.45, 2.75) is 5.41 Å². The van der Waals surface area contributed by atoms with E-state index in [0.29, 0.717) is 17.5 Å². The second-order valence-electron chi connectivity index (χ2n) is 14.3. The summed E-state index contributed by atoms with van der Waals surface area (Å²) in [6.45, 7) is 0. The van der Waals surface area contributed by atoms with Gasteiger partial charge in [0.15, 0.2) is 17.5 Å². The maximum absolute atomic E-state index is 5.03. The summed E-state index contributed by atoms with van der Waals surface area (Å²) >= 11 is 1.87. The minimum atomic E-state index is -0.530. The molecule has 3 nitrogen and oxygen atoms in total. The highest BCUT2D eigenvalue weighted by Crippen LogP contribution is 2.56. The Bertz CT molecular complexity index is 2960. The van der Waals surface area contributed by atoms with E-state index in [2.05, 4.69) is 140 Å². The lowest BCUT2D eigenvalue weighted by molar-refractivity contribution is 0.768. The fraction of sp³-hybridized carbons (Fsp3) is 0.0192. The van der Waals surface area contributed by atoms with Gasteiger partial charge in [-0.3, -0.25) is 0 Å². The molecule has 0 saturated heterocycles. The topological polar surface area (TPSA) is 38.7 Å². The minimum absolute atomic E-state index is 0.530. The molecule has 8 aromatic carbocycles. The normalized spacial score (nSPS) is 12.8. The third kappa shape index (κ3) is 5.07. The van der Waals surface area contributed by atoms with Crippen LogP contribution < -0.4 is 0 Å². The standard InChI is InChI=1S/C52H33N3S/c1-3-14-35(15-4-1)49-53-50(36-16-5-2-6-17-36)55-51(54-49)37-28-32-39(33-29-37)52(45-23-10-7-18-41(45)42-19-8-11-24-46(42)52)38-30-26-34(27-31-38)40-21-13-22-44-43-20-9-12-25-47(43)56-48(40)44/h1-33H. The average molecular weight is 732 g/mol. The van der Waals surface area contributed by atoms with Crippen molar-refractivity contribution in [3.63, 3.8) is 0 Å². The molecule has 0 fully saturated rings. The Kier molecular flexibility index (Phi) is 7.58. The molecule has 0 saturated carbocycles. The van der Waals surface area contributed by atoms with Gasteiger partial charge in [0.25, 0.3) is 0 Å². The van der Waals surface area contributed by atoms with Gasteiger partial charge in [0.2, 0.25) is 0 Å². The molecular weight excluding hydrogens is 699 g/mol. The largest absolute Gasteiger partial charge is 0.208 e. The first kappa shape index (κ1) is 32.4. The van der Waals surface area contributed by atoms with Crippen LogP contribution in [0.2, 0.25) is 0 Å². The van der Waals surface area contributed by atoms with E-state index in [-0.39, 0.29) is 0 Å². The van der Waals surface area contributed by atoms with Gasteiger partial charge in [-0.1, -0.05) is 194 Å². The number of fused-ring (bicyclic) bond motifs is 6. The smallest absolute Gasteiger partial charge is 0.164 e. The lowest BCUT2D eigenvalue weighted by Crippen LogP contribution is -2.28. The lowest BCUT2D eigenvalue weighted by Gasteiger charge is -2.34. The fourth-order valence-electron chi connectivity index (χ4n) is 8.71. The fourth-order valence-corrected chi connectivity index (χ4v) is 9.94. The van der Waals surface area contributed by atoms with Gasteiger partial charge in [-0.25, -0.2) is 15.0 Å². The molecule has 1 aliphatic carbocycles. The second kappa shape index (κ2) is 13.1. The van der Waals surface area contributed by atoms with Crippen molar-refractivity contribution in [2.24, 2.45) is 0 Å². The molecule has 1 aliphatic rings. The van der Waals surface area contributed by atoms with E-state index in [1.807, 2.05) is 72.0 Å². The van der Waals surface area contributed by atoms with Crippen LogP contribution in [0.1, 0.15) is 22.3 Å². The summed E-state index contributed by atoms with van der Waals surface area (Å²) in [6, 6.07) is 71.7. The monoisotopic (exact) mass is 731 g/mol. The zero-order chi connectivity index (χ0) is 37.1. The number of thiophene rings is 1. The molecule has 10 aromatic rings. The Morgan fingerprint density at radius 3 is 1.32 bits per heavy atom. The molecule has 0 radical (unpaired) electrons. The highest BCUT2D eigenvalue weighted by Gasteiger charge is 2.45. The van der Waals surface area contributed by atoms with Crippen LogP contribution in [0.3, 0.4) is 0 Å². The molecule has 0 bridgehead atoms. The van der Waals surface area contributed by atoms with Crippen molar-refractivity contribution in [1.82, 2.24) is 15.0 Å². The SMILES string of the molecule is c1ccc(-c2nc(-c3ccccc3)nc(-c3ccc(C4(c5ccc(-c6cccc7c6sc6ccccc67)cc5)c5ccccc5-c5ccccc54)cc3)n2)cc1. The molecule has 2 aromatic heterocycles. The van der Waals surface area contributed by atoms with E-state index in [9.17, 15) is 0 Å². The van der Waals surface area contributed by atoms with E-state index >= 15 is 0 Å². The van der Waals surface area contributed by atoms with Gasteiger partial charge in [0.1, 0.15) is 0 Å².